The van der Waals surface area contributed by atoms with Gasteiger partial charge in [0, 0.05) is 41.3 Å². The summed E-state index contributed by atoms with van der Waals surface area (Å²) in [6.07, 6.45) is -3.89. The van der Waals surface area contributed by atoms with Crippen molar-refractivity contribution in [2.45, 2.75) is 19.1 Å². The second-order valence-electron chi connectivity index (χ2n) is 6.61. The fourth-order valence-electron chi connectivity index (χ4n) is 3.26. The Hall–Kier alpha value is -2.80. The third-order valence-electron chi connectivity index (χ3n) is 4.65. The molecule has 1 N–H and O–H groups in total. The smallest absolute Gasteiger partial charge is 0.320 e. The lowest BCUT2D eigenvalue weighted by atomic mass is 10.0. The summed E-state index contributed by atoms with van der Waals surface area (Å²) in [6, 6.07) is 11.5. The summed E-state index contributed by atoms with van der Waals surface area (Å²) in [5, 5.41) is 4.03. The van der Waals surface area contributed by atoms with E-state index in [-0.39, 0.29) is 5.69 Å². The van der Waals surface area contributed by atoms with E-state index in [1.807, 2.05) is 18.2 Å². The van der Waals surface area contributed by atoms with Crippen molar-refractivity contribution in [1.82, 2.24) is 9.88 Å². The van der Waals surface area contributed by atoms with Crippen molar-refractivity contribution >= 4 is 34.2 Å². The number of anilines is 1. The fraction of sp³-hybridized carbons (Fsp3) is 0.200. The van der Waals surface area contributed by atoms with Crippen LogP contribution < -0.4 is 5.32 Å². The van der Waals surface area contributed by atoms with Crippen LogP contribution in [0.4, 0.5) is 23.7 Å². The molecule has 4 rings (SSSR count). The van der Waals surface area contributed by atoms with E-state index in [1.54, 1.807) is 11.0 Å². The first-order chi connectivity index (χ1) is 13.3. The first kappa shape index (κ1) is 18.6. The van der Waals surface area contributed by atoms with Crippen LogP contribution in [0.15, 0.2) is 48.5 Å². The minimum Gasteiger partial charge on any atom is -0.320 e. The summed E-state index contributed by atoms with van der Waals surface area (Å²) in [7, 11) is 0. The van der Waals surface area contributed by atoms with Crippen molar-refractivity contribution in [3.63, 3.8) is 0 Å². The van der Waals surface area contributed by atoms with Gasteiger partial charge < -0.3 is 10.2 Å². The molecular formula is C20H15ClF3N3O. The molecule has 0 aliphatic carbocycles. The summed E-state index contributed by atoms with van der Waals surface area (Å²) in [4.78, 5) is 18.7. The van der Waals surface area contributed by atoms with Crippen molar-refractivity contribution in [2.75, 3.05) is 11.9 Å². The maximum absolute atomic E-state index is 12.8. The van der Waals surface area contributed by atoms with Crippen LogP contribution in [0.5, 0.6) is 0 Å². The molecule has 0 fully saturated rings. The van der Waals surface area contributed by atoms with Crippen LogP contribution in [-0.4, -0.2) is 22.5 Å². The predicted octanol–water partition coefficient (Wildman–Crippen LogP) is 5.50. The van der Waals surface area contributed by atoms with Crippen LogP contribution >= 0.6 is 11.6 Å². The average Bonchev–Trinajstić information content (AvgIpc) is 2.65. The molecule has 1 aliphatic heterocycles. The number of fused-ring (bicyclic) bond motifs is 2. The fourth-order valence-corrected chi connectivity index (χ4v) is 3.44. The van der Waals surface area contributed by atoms with Crippen LogP contribution in [0.1, 0.15) is 16.8 Å². The lowest BCUT2D eigenvalue weighted by molar-refractivity contribution is -0.137. The van der Waals surface area contributed by atoms with Gasteiger partial charge in [-0.25, -0.2) is 4.79 Å². The monoisotopic (exact) mass is 405 g/mol. The third kappa shape index (κ3) is 3.75. The van der Waals surface area contributed by atoms with E-state index in [1.165, 1.54) is 12.1 Å². The zero-order chi connectivity index (χ0) is 19.9. The number of carbonyl (C=O) groups excluding carboxylic acids is 1. The largest absolute Gasteiger partial charge is 0.416 e. The van der Waals surface area contributed by atoms with Gasteiger partial charge in [0.2, 0.25) is 0 Å². The van der Waals surface area contributed by atoms with Gasteiger partial charge in [-0.05, 0) is 48.0 Å². The minimum atomic E-state index is -4.46. The lowest BCUT2D eigenvalue weighted by Gasteiger charge is -2.28. The summed E-state index contributed by atoms with van der Waals surface area (Å²) in [5.41, 5.74) is 1.96. The Morgan fingerprint density at radius 1 is 1.14 bits per heavy atom. The molecule has 2 amide bonds. The number of rotatable bonds is 1. The lowest BCUT2D eigenvalue weighted by Crippen LogP contribution is -2.39. The Morgan fingerprint density at radius 2 is 1.96 bits per heavy atom. The van der Waals surface area contributed by atoms with Crippen molar-refractivity contribution in [3.8, 4) is 0 Å². The molecule has 0 spiro atoms. The Bertz CT molecular complexity index is 1070. The molecule has 1 aromatic heterocycles. The number of halogens is 4. The third-order valence-corrected chi connectivity index (χ3v) is 4.89. The topological polar surface area (TPSA) is 45.2 Å². The highest BCUT2D eigenvalue weighted by molar-refractivity contribution is 6.31. The van der Waals surface area contributed by atoms with Gasteiger partial charge >= 0.3 is 12.2 Å². The Balaban J connectivity index is 1.53. The van der Waals surface area contributed by atoms with Gasteiger partial charge in [-0.3, -0.25) is 4.98 Å². The highest BCUT2D eigenvalue weighted by Crippen LogP contribution is 2.31. The van der Waals surface area contributed by atoms with E-state index >= 15 is 0 Å². The summed E-state index contributed by atoms with van der Waals surface area (Å²) in [6.45, 7) is 0.763. The van der Waals surface area contributed by atoms with Crippen molar-refractivity contribution in [1.29, 1.82) is 0 Å². The number of pyridine rings is 1. The number of carbonyl (C=O) groups is 1. The van der Waals surface area contributed by atoms with Gasteiger partial charge in [-0.2, -0.15) is 13.2 Å². The Morgan fingerprint density at radius 3 is 2.75 bits per heavy atom. The van der Waals surface area contributed by atoms with Gasteiger partial charge in [0.25, 0.3) is 0 Å². The highest BCUT2D eigenvalue weighted by atomic mass is 35.5. The van der Waals surface area contributed by atoms with Crippen LogP contribution in [0.3, 0.4) is 0 Å². The number of amides is 2. The van der Waals surface area contributed by atoms with Crippen molar-refractivity contribution in [3.05, 3.63) is 70.4 Å². The zero-order valence-corrected chi connectivity index (χ0v) is 15.3. The average molecular weight is 406 g/mol. The second kappa shape index (κ2) is 6.98. The van der Waals surface area contributed by atoms with E-state index in [0.717, 1.165) is 34.3 Å². The van der Waals surface area contributed by atoms with Crippen molar-refractivity contribution < 1.29 is 18.0 Å². The van der Waals surface area contributed by atoms with E-state index in [9.17, 15) is 18.0 Å². The molecule has 1 aliphatic rings. The summed E-state index contributed by atoms with van der Waals surface area (Å²) >= 11 is 6.03. The molecule has 0 saturated carbocycles. The molecular weight excluding hydrogens is 391 g/mol. The maximum Gasteiger partial charge on any atom is 0.416 e. The van der Waals surface area contributed by atoms with Crippen LogP contribution in [0.25, 0.3) is 10.9 Å². The van der Waals surface area contributed by atoms with Gasteiger partial charge in [0.05, 0.1) is 11.1 Å². The molecule has 8 heteroatoms. The molecule has 4 nitrogen and oxygen atoms in total. The van der Waals surface area contributed by atoms with E-state index in [4.69, 9.17) is 11.6 Å². The molecule has 0 unspecified atom stereocenters. The van der Waals surface area contributed by atoms with E-state index in [0.29, 0.717) is 24.5 Å². The van der Waals surface area contributed by atoms with Crippen molar-refractivity contribution in [2.24, 2.45) is 0 Å². The normalized spacial score (nSPS) is 14.1. The Labute approximate surface area is 163 Å². The number of nitrogens with zero attached hydrogens (tertiary/aromatic N) is 2. The van der Waals surface area contributed by atoms with E-state index < -0.39 is 17.8 Å². The molecule has 2 heterocycles. The molecule has 0 atom stereocenters. The Kier molecular flexibility index (Phi) is 4.63. The minimum absolute atomic E-state index is 0.106. The number of alkyl halides is 3. The highest BCUT2D eigenvalue weighted by Gasteiger charge is 2.30. The van der Waals surface area contributed by atoms with Gasteiger partial charge in [-0.1, -0.05) is 17.7 Å². The quantitative estimate of drug-likeness (QED) is 0.581. The van der Waals surface area contributed by atoms with Gasteiger partial charge in [-0.15, -0.1) is 0 Å². The number of aromatic nitrogens is 1. The molecule has 0 saturated heterocycles. The maximum atomic E-state index is 12.8. The molecule has 28 heavy (non-hydrogen) atoms. The number of hydrogen-bond donors (Lipinski definition) is 1. The summed E-state index contributed by atoms with van der Waals surface area (Å²) in [5.74, 6) is 0. The zero-order valence-electron chi connectivity index (χ0n) is 14.6. The molecule has 0 radical (unpaired) electrons. The first-order valence-electron chi connectivity index (χ1n) is 8.61. The molecule has 144 valence electrons. The molecule has 2 aromatic carbocycles. The van der Waals surface area contributed by atoms with E-state index in [2.05, 4.69) is 10.3 Å². The number of hydrogen-bond acceptors (Lipinski definition) is 2. The van der Waals surface area contributed by atoms with Crippen LogP contribution in [0.2, 0.25) is 5.02 Å². The van der Waals surface area contributed by atoms with Crippen LogP contribution in [0, 0.1) is 0 Å². The SMILES string of the molecule is O=C(Nc1cccc(C(F)(F)F)c1)N1CCc2nc3ccc(Cl)cc3cc2C1. The van der Waals surface area contributed by atoms with Gasteiger partial charge in [0.15, 0.2) is 0 Å². The second-order valence-corrected chi connectivity index (χ2v) is 7.05. The van der Waals surface area contributed by atoms with Gasteiger partial charge in [0.1, 0.15) is 0 Å². The standard InChI is InChI=1S/C20H15ClF3N3O/c21-15-4-5-17-12(9-15)8-13-11-27(7-6-18(13)26-17)19(28)25-16-3-1-2-14(10-16)20(22,23)24/h1-5,8-10H,6-7,11H2,(H,25,28). The number of benzene rings is 2. The first-order valence-corrected chi connectivity index (χ1v) is 8.99. The number of nitrogens with one attached hydrogen (secondary N) is 1. The predicted molar refractivity (Wildman–Crippen MR) is 101 cm³/mol. The number of urea groups is 1. The molecule has 0 bridgehead atoms. The summed E-state index contributed by atoms with van der Waals surface area (Å²) < 4.78 is 38.5. The molecule has 3 aromatic rings. The van der Waals surface area contributed by atoms with Crippen LogP contribution in [-0.2, 0) is 19.1 Å².